The number of nitrogens with two attached hydrogens (primary N) is 1. The van der Waals surface area contributed by atoms with Crippen molar-refractivity contribution in [3.63, 3.8) is 0 Å². The lowest BCUT2D eigenvalue weighted by atomic mass is 10.2. The first-order valence-corrected chi connectivity index (χ1v) is 7.65. The van der Waals surface area contributed by atoms with Crippen LogP contribution in [-0.4, -0.2) is 41.9 Å². The standard InChI is InChI=1S/C14H21N3OS/c1-10-3-4-11(15)7-13(10)16-14(18)8-17(2)12-5-6-19-9-12/h3-4,7,12H,5-6,8-9,15H2,1-2H3,(H,16,18). The van der Waals surface area contributed by atoms with E-state index in [0.717, 1.165) is 17.0 Å². The molecule has 1 saturated heterocycles. The maximum Gasteiger partial charge on any atom is 0.238 e. The summed E-state index contributed by atoms with van der Waals surface area (Å²) in [6.45, 7) is 2.39. The normalized spacial score (nSPS) is 18.8. The second-order valence-corrected chi connectivity index (χ2v) is 6.20. The molecule has 1 aromatic carbocycles. The Labute approximate surface area is 118 Å². The van der Waals surface area contributed by atoms with Crippen molar-refractivity contribution in [3.05, 3.63) is 23.8 Å². The number of hydrogen-bond donors (Lipinski definition) is 2. The zero-order valence-electron chi connectivity index (χ0n) is 11.5. The quantitative estimate of drug-likeness (QED) is 0.827. The molecular formula is C14H21N3OS. The third-order valence-corrected chi connectivity index (χ3v) is 4.60. The van der Waals surface area contributed by atoms with Crippen LogP contribution >= 0.6 is 11.8 Å². The van der Waals surface area contributed by atoms with Crippen LogP contribution in [-0.2, 0) is 4.79 Å². The van der Waals surface area contributed by atoms with Gasteiger partial charge in [0, 0.05) is 23.2 Å². The lowest BCUT2D eigenvalue weighted by Gasteiger charge is -2.22. The number of nitrogens with zero attached hydrogens (tertiary/aromatic N) is 1. The summed E-state index contributed by atoms with van der Waals surface area (Å²) in [5.74, 6) is 2.35. The lowest BCUT2D eigenvalue weighted by molar-refractivity contribution is -0.117. The van der Waals surface area contributed by atoms with Gasteiger partial charge in [-0.15, -0.1) is 0 Å². The van der Waals surface area contributed by atoms with Crippen molar-refractivity contribution < 1.29 is 4.79 Å². The highest BCUT2D eigenvalue weighted by atomic mass is 32.2. The van der Waals surface area contributed by atoms with E-state index >= 15 is 0 Å². The number of carbonyl (C=O) groups is 1. The molecule has 104 valence electrons. The van der Waals surface area contributed by atoms with Gasteiger partial charge in [-0.3, -0.25) is 9.69 Å². The van der Waals surface area contributed by atoms with Gasteiger partial charge in [-0.2, -0.15) is 11.8 Å². The number of thioether (sulfide) groups is 1. The van der Waals surface area contributed by atoms with Crippen LogP contribution in [0.5, 0.6) is 0 Å². The number of anilines is 2. The molecule has 0 radical (unpaired) electrons. The average molecular weight is 279 g/mol. The van der Waals surface area contributed by atoms with Crippen LogP contribution in [0.4, 0.5) is 11.4 Å². The molecule has 1 heterocycles. The molecule has 1 atom stereocenters. The van der Waals surface area contributed by atoms with E-state index in [2.05, 4.69) is 10.2 Å². The average Bonchev–Trinajstić information content (AvgIpc) is 2.87. The Morgan fingerprint density at radius 2 is 2.37 bits per heavy atom. The Morgan fingerprint density at radius 3 is 3.05 bits per heavy atom. The van der Waals surface area contributed by atoms with Crippen molar-refractivity contribution in [1.29, 1.82) is 0 Å². The molecule has 4 nitrogen and oxygen atoms in total. The minimum absolute atomic E-state index is 0.0214. The van der Waals surface area contributed by atoms with Crippen LogP contribution in [0.15, 0.2) is 18.2 Å². The van der Waals surface area contributed by atoms with E-state index in [1.807, 2.05) is 37.9 Å². The summed E-state index contributed by atoms with van der Waals surface area (Å²) in [5.41, 5.74) is 8.24. The Kier molecular flexibility index (Phi) is 4.71. The van der Waals surface area contributed by atoms with Crippen LogP contribution in [0.2, 0.25) is 0 Å². The molecule has 1 aliphatic rings. The number of aryl methyl sites for hydroxylation is 1. The van der Waals surface area contributed by atoms with E-state index in [1.54, 1.807) is 6.07 Å². The van der Waals surface area contributed by atoms with Crippen molar-refractivity contribution in [2.45, 2.75) is 19.4 Å². The van der Waals surface area contributed by atoms with E-state index in [4.69, 9.17) is 5.73 Å². The van der Waals surface area contributed by atoms with E-state index in [0.29, 0.717) is 18.3 Å². The topological polar surface area (TPSA) is 58.4 Å². The van der Waals surface area contributed by atoms with Gasteiger partial charge >= 0.3 is 0 Å². The fraction of sp³-hybridized carbons (Fsp3) is 0.500. The number of likely N-dealkylation sites (N-methyl/N-ethyl adjacent to an activating group) is 1. The zero-order valence-corrected chi connectivity index (χ0v) is 12.3. The number of nitrogens with one attached hydrogen (secondary N) is 1. The third-order valence-electron chi connectivity index (χ3n) is 3.46. The van der Waals surface area contributed by atoms with Crippen LogP contribution in [0.25, 0.3) is 0 Å². The predicted octanol–water partition coefficient (Wildman–Crippen LogP) is 1.95. The summed E-state index contributed by atoms with van der Waals surface area (Å²) >= 11 is 1.96. The second-order valence-electron chi connectivity index (χ2n) is 5.06. The Balaban J connectivity index is 1.91. The molecule has 1 aromatic rings. The van der Waals surface area contributed by atoms with E-state index < -0.39 is 0 Å². The molecule has 3 N–H and O–H groups in total. The highest BCUT2D eigenvalue weighted by Gasteiger charge is 2.21. The molecule has 0 bridgehead atoms. The lowest BCUT2D eigenvalue weighted by Crippen LogP contribution is -2.38. The van der Waals surface area contributed by atoms with Gasteiger partial charge in [0.1, 0.15) is 0 Å². The molecule has 19 heavy (non-hydrogen) atoms. The SMILES string of the molecule is Cc1ccc(N)cc1NC(=O)CN(C)C1CCSC1. The highest BCUT2D eigenvalue weighted by Crippen LogP contribution is 2.21. The van der Waals surface area contributed by atoms with Crippen molar-refractivity contribution in [2.75, 3.05) is 36.1 Å². The first-order chi connectivity index (χ1) is 9.06. The number of rotatable bonds is 4. The first-order valence-electron chi connectivity index (χ1n) is 6.50. The molecule has 0 aliphatic carbocycles. The third kappa shape index (κ3) is 3.88. The van der Waals surface area contributed by atoms with Gasteiger partial charge in [-0.1, -0.05) is 6.07 Å². The first kappa shape index (κ1) is 14.2. The van der Waals surface area contributed by atoms with Crippen molar-refractivity contribution >= 4 is 29.0 Å². The van der Waals surface area contributed by atoms with E-state index in [1.165, 1.54) is 12.2 Å². The fourth-order valence-corrected chi connectivity index (χ4v) is 3.49. The summed E-state index contributed by atoms with van der Waals surface area (Å²) in [6.07, 6.45) is 1.17. The fourth-order valence-electron chi connectivity index (χ4n) is 2.19. The van der Waals surface area contributed by atoms with Crippen LogP contribution < -0.4 is 11.1 Å². The zero-order chi connectivity index (χ0) is 13.8. The highest BCUT2D eigenvalue weighted by molar-refractivity contribution is 7.99. The predicted molar refractivity (Wildman–Crippen MR) is 82.6 cm³/mol. The number of carbonyl (C=O) groups excluding carboxylic acids is 1. The number of nitrogen functional groups attached to an aromatic ring is 1. The summed E-state index contributed by atoms with van der Waals surface area (Å²) in [5, 5.41) is 2.94. The van der Waals surface area contributed by atoms with Crippen molar-refractivity contribution in [3.8, 4) is 0 Å². The number of hydrogen-bond acceptors (Lipinski definition) is 4. The molecule has 0 spiro atoms. The van der Waals surface area contributed by atoms with Gasteiger partial charge in [-0.05, 0) is 43.8 Å². The second kappa shape index (κ2) is 6.30. The Bertz CT molecular complexity index is 458. The van der Waals surface area contributed by atoms with Gasteiger partial charge in [0.05, 0.1) is 6.54 Å². The van der Waals surface area contributed by atoms with Crippen molar-refractivity contribution in [1.82, 2.24) is 4.90 Å². The van der Waals surface area contributed by atoms with Crippen molar-refractivity contribution in [2.24, 2.45) is 0 Å². The number of benzene rings is 1. The maximum absolute atomic E-state index is 12.0. The van der Waals surface area contributed by atoms with E-state index in [-0.39, 0.29) is 5.91 Å². The Hall–Kier alpha value is -1.20. The van der Waals surface area contributed by atoms with Crippen LogP contribution in [0, 0.1) is 6.92 Å². The molecule has 5 heteroatoms. The minimum Gasteiger partial charge on any atom is -0.399 e. The molecule has 1 aliphatic heterocycles. The van der Waals surface area contributed by atoms with Gasteiger partial charge < -0.3 is 11.1 Å². The molecule has 1 amide bonds. The van der Waals surface area contributed by atoms with Gasteiger partial charge in [-0.25, -0.2) is 0 Å². The molecule has 1 fully saturated rings. The largest absolute Gasteiger partial charge is 0.399 e. The minimum atomic E-state index is 0.0214. The summed E-state index contributed by atoms with van der Waals surface area (Å²) in [4.78, 5) is 14.2. The monoisotopic (exact) mass is 279 g/mol. The number of amides is 1. The van der Waals surface area contributed by atoms with Crippen LogP contribution in [0.1, 0.15) is 12.0 Å². The summed E-state index contributed by atoms with van der Waals surface area (Å²) < 4.78 is 0. The Morgan fingerprint density at radius 1 is 1.58 bits per heavy atom. The van der Waals surface area contributed by atoms with E-state index in [9.17, 15) is 4.79 Å². The molecule has 1 unspecified atom stereocenters. The van der Waals surface area contributed by atoms with Gasteiger partial charge in [0.15, 0.2) is 0 Å². The molecule has 2 rings (SSSR count). The maximum atomic E-state index is 12.0. The summed E-state index contributed by atoms with van der Waals surface area (Å²) in [7, 11) is 2.02. The van der Waals surface area contributed by atoms with Crippen LogP contribution in [0.3, 0.4) is 0 Å². The molecule has 0 aromatic heterocycles. The molecule has 0 saturated carbocycles. The summed E-state index contributed by atoms with van der Waals surface area (Å²) in [6, 6.07) is 6.09. The molecular weight excluding hydrogens is 258 g/mol. The van der Waals surface area contributed by atoms with Gasteiger partial charge in [0.25, 0.3) is 0 Å². The van der Waals surface area contributed by atoms with Gasteiger partial charge in [0.2, 0.25) is 5.91 Å². The smallest absolute Gasteiger partial charge is 0.238 e.